The van der Waals surface area contributed by atoms with Crippen LogP contribution in [0.15, 0.2) is 30.3 Å². The highest BCUT2D eigenvalue weighted by molar-refractivity contribution is 7.15. The smallest absolute Gasteiger partial charge is 0.345 e. The van der Waals surface area contributed by atoms with Crippen LogP contribution in [-0.2, 0) is 0 Å². The lowest BCUT2D eigenvalue weighted by Gasteiger charge is -2.05. The predicted octanol–water partition coefficient (Wildman–Crippen LogP) is 2.98. The third-order valence-electron chi connectivity index (χ3n) is 2.24. The summed E-state index contributed by atoms with van der Waals surface area (Å²) in [5, 5.41) is 10.8. The number of para-hydroxylation sites is 1. The van der Waals surface area contributed by atoms with Gasteiger partial charge < -0.3 is 10.4 Å². The number of halogens is 2. The van der Waals surface area contributed by atoms with Crippen LogP contribution in [0.5, 0.6) is 0 Å². The van der Waals surface area contributed by atoms with Gasteiger partial charge in [0, 0.05) is 0 Å². The number of thiophene rings is 1. The fourth-order valence-electron chi connectivity index (χ4n) is 1.37. The minimum absolute atomic E-state index is 0.0286. The number of hydrogen-bond acceptors (Lipinski definition) is 3. The van der Waals surface area contributed by atoms with E-state index >= 15 is 0 Å². The first-order chi connectivity index (χ1) is 8.99. The Bertz CT molecular complexity index is 634. The zero-order chi connectivity index (χ0) is 14.0. The number of anilines is 1. The van der Waals surface area contributed by atoms with Crippen LogP contribution in [-0.4, -0.2) is 17.0 Å². The van der Waals surface area contributed by atoms with Gasteiger partial charge in [-0.2, -0.15) is 0 Å². The summed E-state index contributed by atoms with van der Waals surface area (Å²) in [6.07, 6.45) is 0. The minimum Gasteiger partial charge on any atom is -0.477 e. The number of amides is 1. The average Bonchev–Trinajstić information content (AvgIpc) is 2.83. The van der Waals surface area contributed by atoms with E-state index in [1.165, 1.54) is 18.2 Å². The third kappa shape index (κ3) is 2.76. The molecule has 0 aliphatic heterocycles. The van der Waals surface area contributed by atoms with Crippen molar-refractivity contribution in [3.8, 4) is 0 Å². The second kappa shape index (κ2) is 5.15. The number of nitrogens with one attached hydrogen (secondary N) is 1. The standard InChI is InChI=1S/C12H7F2NO3S/c13-6-2-1-3-7(14)10(6)15-11(16)8-4-5-9(19-8)12(17)18/h1-5H,(H,15,16)(H,17,18). The van der Waals surface area contributed by atoms with E-state index in [1.807, 2.05) is 0 Å². The van der Waals surface area contributed by atoms with E-state index < -0.39 is 29.2 Å². The molecule has 0 unspecified atom stereocenters. The lowest BCUT2D eigenvalue weighted by molar-refractivity contribution is 0.0702. The van der Waals surface area contributed by atoms with Crippen LogP contribution < -0.4 is 5.32 Å². The zero-order valence-corrected chi connectivity index (χ0v) is 10.1. The SMILES string of the molecule is O=C(O)c1ccc(C(=O)Nc2c(F)cccc2F)s1. The Labute approximate surface area is 110 Å². The third-order valence-corrected chi connectivity index (χ3v) is 3.31. The van der Waals surface area contributed by atoms with Crippen molar-refractivity contribution in [1.82, 2.24) is 0 Å². The molecule has 0 radical (unpaired) electrons. The van der Waals surface area contributed by atoms with Gasteiger partial charge in [-0.25, -0.2) is 13.6 Å². The van der Waals surface area contributed by atoms with Gasteiger partial charge in [0.1, 0.15) is 22.2 Å². The van der Waals surface area contributed by atoms with Crippen molar-refractivity contribution >= 4 is 28.9 Å². The highest BCUT2D eigenvalue weighted by Crippen LogP contribution is 2.21. The Kier molecular flexibility index (Phi) is 3.57. The zero-order valence-electron chi connectivity index (χ0n) is 9.31. The van der Waals surface area contributed by atoms with Crippen molar-refractivity contribution < 1.29 is 23.5 Å². The van der Waals surface area contributed by atoms with Gasteiger partial charge in [0.15, 0.2) is 0 Å². The monoisotopic (exact) mass is 283 g/mol. The molecule has 1 aromatic heterocycles. The van der Waals surface area contributed by atoms with E-state index in [0.29, 0.717) is 0 Å². The van der Waals surface area contributed by atoms with Crippen LogP contribution in [0.25, 0.3) is 0 Å². The van der Waals surface area contributed by atoms with Crippen molar-refractivity contribution in [2.24, 2.45) is 0 Å². The van der Waals surface area contributed by atoms with Gasteiger partial charge in [-0.15, -0.1) is 11.3 Å². The molecule has 7 heteroatoms. The van der Waals surface area contributed by atoms with Crippen LogP contribution >= 0.6 is 11.3 Å². The molecule has 2 aromatic rings. The van der Waals surface area contributed by atoms with Crippen molar-refractivity contribution in [2.75, 3.05) is 5.32 Å². The van der Waals surface area contributed by atoms with Crippen LogP contribution in [0.2, 0.25) is 0 Å². The summed E-state index contributed by atoms with van der Waals surface area (Å²) in [6.45, 7) is 0. The average molecular weight is 283 g/mol. The molecule has 0 spiro atoms. The summed E-state index contributed by atoms with van der Waals surface area (Å²) in [7, 11) is 0. The summed E-state index contributed by atoms with van der Waals surface area (Å²) in [4.78, 5) is 22.4. The highest BCUT2D eigenvalue weighted by atomic mass is 32.1. The Morgan fingerprint density at radius 2 is 1.63 bits per heavy atom. The number of rotatable bonds is 3. The molecule has 2 N–H and O–H groups in total. The van der Waals surface area contributed by atoms with E-state index in [0.717, 1.165) is 23.5 Å². The second-order valence-corrected chi connectivity index (χ2v) is 4.60. The fraction of sp³-hybridized carbons (Fsp3) is 0. The fourth-order valence-corrected chi connectivity index (χ4v) is 2.11. The van der Waals surface area contributed by atoms with Gasteiger partial charge >= 0.3 is 5.97 Å². The van der Waals surface area contributed by atoms with Gasteiger partial charge in [-0.05, 0) is 24.3 Å². The van der Waals surface area contributed by atoms with E-state index in [-0.39, 0.29) is 9.75 Å². The molecule has 0 aliphatic rings. The molecule has 0 saturated heterocycles. The Morgan fingerprint density at radius 3 is 2.16 bits per heavy atom. The summed E-state index contributed by atoms with van der Waals surface area (Å²) in [5.41, 5.74) is -0.558. The summed E-state index contributed by atoms with van der Waals surface area (Å²) < 4.78 is 26.6. The normalized spacial score (nSPS) is 10.2. The molecule has 1 heterocycles. The first-order valence-electron chi connectivity index (χ1n) is 5.07. The van der Waals surface area contributed by atoms with Gasteiger partial charge in [0.05, 0.1) is 4.88 Å². The topological polar surface area (TPSA) is 66.4 Å². The Hall–Kier alpha value is -2.28. The molecule has 0 aliphatic carbocycles. The van der Waals surface area contributed by atoms with Crippen molar-refractivity contribution in [3.05, 3.63) is 51.7 Å². The summed E-state index contributed by atoms with van der Waals surface area (Å²) in [6, 6.07) is 5.72. The van der Waals surface area contributed by atoms with Crippen molar-refractivity contribution in [3.63, 3.8) is 0 Å². The molecular weight excluding hydrogens is 276 g/mol. The lowest BCUT2D eigenvalue weighted by Crippen LogP contribution is -2.12. The lowest BCUT2D eigenvalue weighted by atomic mass is 10.3. The molecular formula is C12H7F2NO3S. The van der Waals surface area contributed by atoms with E-state index in [1.54, 1.807) is 0 Å². The summed E-state index contributed by atoms with van der Waals surface area (Å²) in [5.74, 6) is -3.73. The largest absolute Gasteiger partial charge is 0.477 e. The molecule has 98 valence electrons. The molecule has 19 heavy (non-hydrogen) atoms. The van der Waals surface area contributed by atoms with Crippen LogP contribution in [0.3, 0.4) is 0 Å². The number of hydrogen-bond donors (Lipinski definition) is 2. The molecule has 0 atom stereocenters. The minimum atomic E-state index is -1.17. The Balaban J connectivity index is 2.23. The number of carboxylic acid groups (broad SMARTS) is 1. The van der Waals surface area contributed by atoms with E-state index in [4.69, 9.17) is 5.11 Å². The maximum absolute atomic E-state index is 13.3. The van der Waals surface area contributed by atoms with Gasteiger partial charge in [-0.3, -0.25) is 4.79 Å². The van der Waals surface area contributed by atoms with Crippen LogP contribution in [0.4, 0.5) is 14.5 Å². The van der Waals surface area contributed by atoms with E-state index in [9.17, 15) is 18.4 Å². The van der Waals surface area contributed by atoms with Crippen molar-refractivity contribution in [1.29, 1.82) is 0 Å². The first kappa shape index (κ1) is 13.2. The quantitative estimate of drug-likeness (QED) is 0.910. The number of carbonyl (C=O) groups is 2. The number of carboxylic acids is 1. The molecule has 0 saturated carbocycles. The predicted molar refractivity (Wildman–Crippen MR) is 65.6 cm³/mol. The van der Waals surface area contributed by atoms with Gasteiger partial charge in [0.2, 0.25) is 0 Å². The van der Waals surface area contributed by atoms with Gasteiger partial charge in [-0.1, -0.05) is 6.07 Å². The molecule has 4 nitrogen and oxygen atoms in total. The van der Waals surface area contributed by atoms with Crippen LogP contribution in [0.1, 0.15) is 19.3 Å². The number of carbonyl (C=O) groups excluding carboxylic acids is 1. The first-order valence-corrected chi connectivity index (χ1v) is 5.89. The molecule has 1 amide bonds. The second-order valence-electron chi connectivity index (χ2n) is 3.52. The van der Waals surface area contributed by atoms with Crippen molar-refractivity contribution in [2.45, 2.75) is 0 Å². The maximum Gasteiger partial charge on any atom is 0.345 e. The van der Waals surface area contributed by atoms with Crippen LogP contribution in [0, 0.1) is 11.6 Å². The Morgan fingerprint density at radius 1 is 1.05 bits per heavy atom. The highest BCUT2D eigenvalue weighted by Gasteiger charge is 2.16. The maximum atomic E-state index is 13.3. The van der Waals surface area contributed by atoms with Gasteiger partial charge in [0.25, 0.3) is 5.91 Å². The number of benzene rings is 1. The molecule has 0 fully saturated rings. The molecule has 1 aromatic carbocycles. The summed E-state index contributed by atoms with van der Waals surface area (Å²) >= 11 is 0.724. The van der Waals surface area contributed by atoms with E-state index in [2.05, 4.69) is 5.32 Å². The molecule has 0 bridgehead atoms. The molecule has 2 rings (SSSR count). The number of aromatic carboxylic acids is 1.